The van der Waals surface area contributed by atoms with Crippen molar-refractivity contribution in [2.45, 2.75) is 75.7 Å². The third-order valence-electron chi connectivity index (χ3n) is 11.8. The van der Waals surface area contributed by atoms with E-state index in [1.807, 2.05) is 30.7 Å². The number of piperidine rings is 2. The number of aromatic nitrogens is 3. The van der Waals surface area contributed by atoms with Crippen LogP contribution in [0.15, 0.2) is 73.2 Å². The van der Waals surface area contributed by atoms with Gasteiger partial charge in [0.25, 0.3) is 11.8 Å². The topological polar surface area (TPSA) is 145 Å². The van der Waals surface area contributed by atoms with Crippen LogP contribution < -0.4 is 14.8 Å². The van der Waals surface area contributed by atoms with E-state index in [0.717, 1.165) is 79.6 Å². The van der Waals surface area contributed by atoms with Gasteiger partial charge in [-0.2, -0.15) is 0 Å². The fraction of sp³-hybridized carbons (Fsp3) is 0.378. The molecule has 0 bridgehead atoms. The van der Waals surface area contributed by atoms with E-state index in [1.54, 1.807) is 6.07 Å². The summed E-state index contributed by atoms with van der Waals surface area (Å²) in [4.78, 5) is 62.1. The Bertz CT molecular complexity index is 2470. The van der Waals surface area contributed by atoms with Crippen molar-refractivity contribution in [1.29, 1.82) is 0 Å². The third kappa shape index (κ3) is 7.53. The number of hydrogen-bond donors (Lipinski definition) is 1. The molecule has 3 aromatic heterocycles. The molecular formula is C45H44N6O7. The van der Waals surface area contributed by atoms with E-state index in [2.05, 4.69) is 67.9 Å². The minimum absolute atomic E-state index is 0.0741. The number of amides is 4. The summed E-state index contributed by atoms with van der Waals surface area (Å²) in [5.41, 5.74) is 4.89. The van der Waals surface area contributed by atoms with Crippen molar-refractivity contribution in [3.05, 3.63) is 84.3 Å². The van der Waals surface area contributed by atoms with Crippen LogP contribution >= 0.6 is 0 Å². The van der Waals surface area contributed by atoms with E-state index in [4.69, 9.17) is 14.2 Å². The molecule has 1 saturated carbocycles. The standard InChI is InChI=1S/C45H44N6O7/c1-49-38-14-17-46-27-37(38)34-9-6-28(22-40(34)49)29-7-13-42(47-26-29)58-33-23-32(24-33)57-30-15-19-50(20-16-30)18-4-2-3-5-21-56-31-8-10-35-36(25-31)45(55)51(44(35)54)39-11-12-41(52)48-43(39)53/h6-10,13-14,17,22,25-27,30,32-33,39H,2,4,11-12,15-16,18-21,23-24H2,1H3,(H,48,52,53). The molecule has 1 atom stereocenters. The Labute approximate surface area is 335 Å². The molecule has 13 heteroatoms. The van der Waals surface area contributed by atoms with Crippen molar-refractivity contribution in [3.8, 4) is 34.6 Å². The summed E-state index contributed by atoms with van der Waals surface area (Å²) in [6.45, 7) is 3.15. The SMILES string of the molecule is Cn1c2ccncc2c2ccc(-c3ccc(OC4CC(OC5CCN(CCCC#CCOc6ccc7c(c6)C(=O)N(C6CCC(=O)NC6=O)C7=O)CC5)C4)nc3)cc21. The van der Waals surface area contributed by atoms with Crippen molar-refractivity contribution < 1.29 is 33.4 Å². The van der Waals surface area contributed by atoms with Crippen LogP contribution in [-0.2, 0) is 21.4 Å². The van der Waals surface area contributed by atoms with E-state index in [0.29, 0.717) is 11.6 Å². The largest absolute Gasteiger partial charge is 0.481 e. The highest BCUT2D eigenvalue weighted by molar-refractivity contribution is 6.23. The monoisotopic (exact) mass is 780 g/mol. The maximum absolute atomic E-state index is 13.0. The van der Waals surface area contributed by atoms with Gasteiger partial charge in [-0.1, -0.05) is 24.0 Å². The molecule has 9 rings (SSSR count). The van der Waals surface area contributed by atoms with Crippen molar-refractivity contribution in [2.75, 3.05) is 26.2 Å². The van der Waals surface area contributed by atoms with E-state index in [-0.39, 0.29) is 48.9 Å². The fourth-order valence-corrected chi connectivity index (χ4v) is 8.48. The van der Waals surface area contributed by atoms with Gasteiger partial charge in [-0.3, -0.25) is 34.4 Å². The predicted molar refractivity (Wildman–Crippen MR) is 215 cm³/mol. The summed E-state index contributed by atoms with van der Waals surface area (Å²) in [7, 11) is 2.09. The van der Waals surface area contributed by atoms with Gasteiger partial charge in [0.15, 0.2) is 0 Å². The molecule has 1 unspecified atom stereocenters. The highest BCUT2D eigenvalue weighted by Crippen LogP contribution is 2.34. The van der Waals surface area contributed by atoms with Gasteiger partial charge >= 0.3 is 0 Å². The molecule has 3 aliphatic heterocycles. The molecule has 58 heavy (non-hydrogen) atoms. The van der Waals surface area contributed by atoms with Crippen molar-refractivity contribution in [1.82, 2.24) is 29.7 Å². The lowest BCUT2D eigenvalue weighted by Crippen LogP contribution is -2.54. The number of likely N-dealkylation sites (tertiary alicyclic amines) is 1. The highest BCUT2D eigenvalue weighted by atomic mass is 16.5. The second kappa shape index (κ2) is 16.0. The first-order valence-corrected chi connectivity index (χ1v) is 20.1. The van der Waals surface area contributed by atoms with Gasteiger partial charge in [0, 0.05) is 92.3 Å². The minimum atomic E-state index is -1.000. The number of hydrogen-bond acceptors (Lipinski definition) is 10. The number of carbonyl (C=O) groups excluding carboxylic acids is 4. The number of aryl methyl sites for hydroxylation is 1. The van der Waals surface area contributed by atoms with Gasteiger partial charge in [-0.25, -0.2) is 4.98 Å². The van der Waals surface area contributed by atoms with E-state index < -0.39 is 29.7 Å². The maximum atomic E-state index is 13.0. The molecule has 1 N–H and O–H groups in total. The van der Waals surface area contributed by atoms with Gasteiger partial charge in [0.2, 0.25) is 17.7 Å². The number of fused-ring (bicyclic) bond motifs is 4. The molecule has 4 amide bonds. The molecule has 2 saturated heterocycles. The quantitative estimate of drug-likeness (QED) is 0.105. The first-order valence-electron chi connectivity index (χ1n) is 20.1. The number of unbranched alkanes of at least 4 members (excludes halogenated alkanes) is 1. The maximum Gasteiger partial charge on any atom is 0.262 e. The summed E-state index contributed by atoms with van der Waals surface area (Å²) >= 11 is 0. The molecule has 3 fully saturated rings. The number of ether oxygens (including phenoxy) is 3. The number of nitrogens with one attached hydrogen (secondary N) is 1. The van der Waals surface area contributed by atoms with Gasteiger partial charge in [0.1, 0.15) is 24.5 Å². The minimum Gasteiger partial charge on any atom is -0.481 e. The number of rotatable bonds is 11. The molecule has 0 radical (unpaired) electrons. The molecule has 0 spiro atoms. The lowest BCUT2D eigenvalue weighted by molar-refractivity contribution is -0.136. The van der Waals surface area contributed by atoms with Crippen LogP contribution in [0.25, 0.3) is 32.9 Å². The van der Waals surface area contributed by atoms with Crippen LogP contribution in [0.3, 0.4) is 0 Å². The zero-order chi connectivity index (χ0) is 39.8. The Kier molecular flexibility index (Phi) is 10.4. The molecule has 4 aliphatic rings. The van der Waals surface area contributed by atoms with Gasteiger partial charge < -0.3 is 23.7 Å². The number of pyridine rings is 2. The predicted octanol–water partition coefficient (Wildman–Crippen LogP) is 5.44. The number of carbonyl (C=O) groups is 4. The zero-order valence-electron chi connectivity index (χ0n) is 32.3. The molecule has 2 aromatic carbocycles. The van der Waals surface area contributed by atoms with Gasteiger partial charge in [0.05, 0.1) is 28.9 Å². The molecular weight excluding hydrogens is 737 g/mol. The summed E-state index contributed by atoms with van der Waals surface area (Å²) in [6.07, 6.45) is 12.0. The van der Waals surface area contributed by atoms with Crippen LogP contribution in [0.2, 0.25) is 0 Å². The van der Waals surface area contributed by atoms with E-state index in [1.165, 1.54) is 28.6 Å². The molecule has 13 nitrogen and oxygen atoms in total. The molecule has 1 aliphatic carbocycles. The van der Waals surface area contributed by atoms with Gasteiger partial charge in [-0.15, -0.1) is 0 Å². The average Bonchev–Trinajstić information content (AvgIpc) is 3.65. The normalized spacial score (nSPS) is 21.1. The summed E-state index contributed by atoms with van der Waals surface area (Å²) in [5, 5.41) is 4.55. The first-order chi connectivity index (χ1) is 28.3. The second-order valence-electron chi connectivity index (χ2n) is 15.5. The zero-order valence-corrected chi connectivity index (χ0v) is 32.3. The van der Waals surface area contributed by atoms with E-state index >= 15 is 0 Å². The summed E-state index contributed by atoms with van der Waals surface area (Å²) < 4.78 is 20.6. The number of imide groups is 2. The van der Waals surface area contributed by atoms with Gasteiger partial charge in [-0.05, 0) is 74.2 Å². The Morgan fingerprint density at radius 3 is 2.45 bits per heavy atom. The summed E-state index contributed by atoms with van der Waals surface area (Å²) in [5.74, 6) is 5.11. The Morgan fingerprint density at radius 2 is 1.64 bits per heavy atom. The number of nitrogens with zero attached hydrogens (tertiary/aromatic N) is 5. The third-order valence-corrected chi connectivity index (χ3v) is 11.8. The van der Waals surface area contributed by atoms with Crippen molar-refractivity contribution in [3.63, 3.8) is 0 Å². The van der Waals surface area contributed by atoms with Crippen LogP contribution in [0.1, 0.15) is 72.1 Å². The van der Waals surface area contributed by atoms with Crippen LogP contribution in [-0.4, -0.2) is 98.6 Å². The molecule has 6 heterocycles. The second-order valence-corrected chi connectivity index (χ2v) is 15.5. The Morgan fingerprint density at radius 1 is 0.810 bits per heavy atom. The van der Waals surface area contributed by atoms with Crippen LogP contribution in [0.5, 0.6) is 11.6 Å². The lowest BCUT2D eigenvalue weighted by Gasteiger charge is -2.39. The number of benzene rings is 2. The summed E-state index contributed by atoms with van der Waals surface area (Å²) in [6, 6.07) is 16.2. The fourth-order valence-electron chi connectivity index (χ4n) is 8.48. The smallest absolute Gasteiger partial charge is 0.262 e. The first kappa shape index (κ1) is 37.5. The van der Waals surface area contributed by atoms with E-state index in [9.17, 15) is 19.2 Å². The highest BCUT2D eigenvalue weighted by Gasteiger charge is 2.44. The Balaban J connectivity index is 0.652. The molecule has 5 aromatic rings. The van der Waals surface area contributed by atoms with Crippen molar-refractivity contribution >= 4 is 45.4 Å². The average molecular weight is 781 g/mol. The van der Waals surface area contributed by atoms with Crippen LogP contribution in [0, 0.1) is 11.8 Å². The lowest BCUT2D eigenvalue weighted by atomic mass is 9.91. The Hall–Kier alpha value is -6.10. The molecule has 296 valence electrons. The van der Waals surface area contributed by atoms with Crippen molar-refractivity contribution in [2.24, 2.45) is 7.05 Å². The van der Waals surface area contributed by atoms with Crippen LogP contribution in [0.4, 0.5) is 0 Å².